The number of benzene rings is 1. The number of anilines is 1. The van der Waals surface area contributed by atoms with E-state index >= 15 is 0 Å². The van der Waals surface area contributed by atoms with Crippen molar-refractivity contribution in [3.63, 3.8) is 0 Å². The number of nitrogens with one attached hydrogen (secondary N) is 2. The number of ether oxygens (including phenoxy) is 1. The third kappa shape index (κ3) is 5.95. The van der Waals surface area contributed by atoms with E-state index in [2.05, 4.69) is 29.2 Å². The predicted octanol–water partition coefficient (Wildman–Crippen LogP) is 2.50. The van der Waals surface area contributed by atoms with Crippen molar-refractivity contribution in [1.82, 2.24) is 5.32 Å². The number of carbonyl (C=O) groups is 2. The Morgan fingerprint density at radius 1 is 1.29 bits per heavy atom. The first kappa shape index (κ1) is 17.2. The highest BCUT2D eigenvalue weighted by Crippen LogP contribution is 2.17. The molecule has 0 radical (unpaired) electrons. The van der Waals surface area contributed by atoms with Crippen molar-refractivity contribution in [3.8, 4) is 0 Å². The first-order valence-corrected chi connectivity index (χ1v) is 7.16. The third-order valence-electron chi connectivity index (χ3n) is 3.05. The smallest absolute Gasteiger partial charge is 0.337 e. The Morgan fingerprint density at radius 3 is 2.57 bits per heavy atom. The normalized spacial score (nSPS) is 10.5. The highest BCUT2D eigenvalue weighted by molar-refractivity contribution is 5.94. The van der Waals surface area contributed by atoms with Crippen molar-refractivity contribution in [1.29, 1.82) is 0 Å². The van der Waals surface area contributed by atoms with Gasteiger partial charge in [0.2, 0.25) is 5.91 Å². The maximum absolute atomic E-state index is 11.9. The van der Waals surface area contributed by atoms with Gasteiger partial charge in [0.15, 0.2) is 0 Å². The van der Waals surface area contributed by atoms with Gasteiger partial charge in [-0.05, 0) is 43.7 Å². The van der Waals surface area contributed by atoms with Crippen molar-refractivity contribution in [3.05, 3.63) is 29.3 Å². The van der Waals surface area contributed by atoms with Crippen molar-refractivity contribution in [2.24, 2.45) is 0 Å². The zero-order valence-electron chi connectivity index (χ0n) is 13.2. The summed E-state index contributed by atoms with van der Waals surface area (Å²) < 4.78 is 4.66. The topological polar surface area (TPSA) is 67.4 Å². The van der Waals surface area contributed by atoms with Gasteiger partial charge in [-0.2, -0.15) is 0 Å². The lowest BCUT2D eigenvalue weighted by atomic mass is 10.1. The van der Waals surface area contributed by atoms with Crippen molar-refractivity contribution in [2.75, 3.05) is 19.0 Å². The number of carbonyl (C=O) groups excluding carboxylic acids is 2. The van der Waals surface area contributed by atoms with E-state index in [0.29, 0.717) is 18.0 Å². The Morgan fingerprint density at radius 2 is 2.00 bits per heavy atom. The van der Waals surface area contributed by atoms with E-state index in [4.69, 9.17) is 0 Å². The quantitative estimate of drug-likeness (QED) is 0.598. The first-order valence-electron chi connectivity index (χ1n) is 7.16. The molecule has 116 valence electrons. The maximum atomic E-state index is 11.9. The molecule has 1 aromatic carbocycles. The Kier molecular flexibility index (Phi) is 6.88. The molecule has 0 aliphatic carbocycles. The first-order chi connectivity index (χ1) is 9.93. The summed E-state index contributed by atoms with van der Waals surface area (Å²) in [6.07, 6.45) is 1.27. The molecule has 0 unspecified atom stereocenters. The summed E-state index contributed by atoms with van der Waals surface area (Å²) in [4.78, 5) is 23.3. The lowest BCUT2D eigenvalue weighted by Crippen LogP contribution is -2.24. The van der Waals surface area contributed by atoms with Gasteiger partial charge in [-0.3, -0.25) is 4.79 Å². The Labute approximate surface area is 126 Å². The summed E-state index contributed by atoms with van der Waals surface area (Å²) in [6, 6.07) is 5.52. The van der Waals surface area contributed by atoms with Gasteiger partial charge in [0.25, 0.3) is 0 Å². The molecule has 0 fully saturated rings. The fraction of sp³-hybridized carbons (Fsp3) is 0.500. The lowest BCUT2D eigenvalue weighted by Gasteiger charge is -2.10. The number of methoxy groups -OCH3 is 1. The second-order valence-electron chi connectivity index (χ2n) is 5.28. The average molecular weight is 292 g/mol. The lowest BCUT2D eigenvalue weighted by molar-refractivity contribution is -0.116. The minimum absolute atomic E-state index is 0.0190. The standard InChI is InChI=1S/C16H24N2O3/c1-11(2)17-9-5-6-15(19)18-14-8-7-13(10-12(14)3)16(20)21-4/h7-8,10-11,17H,5-6,9H2,1-4H3,(H,18,19). The van der Waals surface area contributed by atoms with E-state index in [0.717, 1.165) is 24.2 Å². The number of esters is 1. The van der Waals surface area contributed by atoms with Gasteiger partial charge in [-0.25, -0.2) is 4.79 Å². The Hall–Kier alpha value is -1.88. The molecule has 0 heterocycles. The number of amides is 1. The maximum Gasteiger partial charge on any atom is 0.337 e. The summed E-state index contributed by atoms with van der Waals surface area (Å²) >= 11 is 0. The summed E-state index contributed by atoms with van der Waals surface area (Å²) in [5, 5.41) is 6.13. The van der Waals surface area contributed by atoms with Gasteiger partial charge >= 0.3 is 5.97 Å². The minimum atomic E-state index is -0.379. The fourth-order valence-corrected chi connectivity index (χ4v) is 1.90. The van der Waals surface area contributed by atoms with Crippen LogP contribution >= 0.6 is 0 Å². The Bertz CT molecular complexity index is 498. The molecule has 1 amide bonds. The number of hydrogen-bond acceptors (Lipinski definition) is 4. The second-order valence-corrected chi connectivity index (χ2v) is 5.28. The van der Waals surface area contributed by atoms with Crippen LogP contribution in [-0.2, 0) is 9.53 Å². The van der Waals surface area contributed by atoms with E-state index in [9.17, 15) is 9.59 Å². The van der Waals surface area contributed by atoms with Crippen LogP contribution in [0.15, 0.2) is 18.2 Å². The van der Waals surface area contributed by atoms with Crippen LogP contribution in [0.5, 0.6) is 0 Å². The third-order valence-corrected chi connectivity index (χ3v) is 3.05. The van der Waals surface area contributed by atoms with Crippen LogP contribution < -0.4 is 10.6 Å². The largest absolute Gasteiger partial charge is 0.465 e. The molecule has 0 spiro atoms. The highest BCUT2D eigenvalue weighted by atomic mass is 16.5. The molecule has 0 bridgehead atoms. The molecule has 21 heavy (non-hydrogen) atoms. The Balaban J connectivity index is 2.51. The fourth-order valence-electron chi connectivity index (χ4n) is 1.90. The van der Waals surface area contributed by atoms with Crippen molar-refractivity contribution < 1.29 is 14.3 Å². The molecule has 5 nitrogen and oxygen atoms in total. The van der Waals surface area contributed by atoms with Crippen LogP contribution in [0.4, 0.5) is 5.69 Å². The second kappa shape index (κ2) is 8.42. The van der Waals surface area contributed by atoms with Gasteiger partial charge in [0, 0.05) is 18.2 Å². The SMILES string of the molecule is COC(=O)c1ccc(NC(=O)CCCNC(C)C)c(C)c1. The molecule has 0 atom stereocenters. The molecule has 5 heteroatoms. The number of hydrogen-bond donors (Lipinski definition) is 2. The molecule has 0 saturated carbocycles. The summed E-state index contributed by atoms with van der Waals surface area (Å²) in [6.45, 7) is 6.83. The van der Waals surface area contributed by atoms with E-state index < -0.39 is 0 Å². The summed E-state index contributed by atoms with van der Waals surface area (Å²) in [5.74, 6) is -0.398. The van der Waals surface area contributed by atoms with Crippen LogP contribution in [0, 0.1) is 6.92 Å². The van der Waals surface area contributed by atoms with Gasteiger partial charge in [0.05, 0.1) is 12.7 Å². The molecular weight excluding hydrogens is 268 g/mol. The minimum Gasteiger partial charge on any atom is -0.465 e. The average Bonchev–Trinajstić information content (AvgIpc) is 2.44. The highest BCUT2D eigenvalue weighted by Gasteiger charge is 2.09. The zero-order chi connectivity index (χ0) is 15.8. The van der Waals surface area contributed by atoms with Crippen LogP contribution in [-0.4, -0.2) is 31.6 Å². The van der Waals surface area contributed by atoms with E-state index in [1.54, 1.807) is 18.2 Å². The molecule has 1 aromatic rings. The van der Waals surface area contributed by atoms with Gasteiger partial charge in [-0.15, -0.1) is 0 Å². The van der Waals surface area contributed by atoms with Crippen LogP contribution in [0.2, 0.25) is 0 Å². The van der Waals surface area contributed by atoms with Gasteiger partial charge in [0.1, 0.15) is 0 Å². The zero-order valence-corrected chi connectivity index (χ0v) is 13.2. The summed E-state index contributed by atoms with van der Waals surface area (Å²) in [5.41, 5.74) is 2.05. The van der Waals surface area contributed by atoms with E-state index in [1.165, 1.54) is 7.11 Å². The van der Waals surface area contributed by atoms with Crippen molar-refractivity contribution >= 4 is 17.6 Å². The molecule has 0 aliphatic rings. The molecule has 0 saturated heterocycles. The van der Waals surface area contributed by atoms with Crippen LogP contribution in [0.1, 0.15) is 42.6 Å². The monoisotopic (exact) mass is 292 g/mol. The molecular formula is C16H24N2O3. The molecule has 1 rings (SSSR count). The van der Waals surface area contributed by atoms with Gasteiger partial charge in [-0.1, -0.05) is 13.8 Å². The predicted molar refractivity (Wildman–Crippen MR) is 83.5 cm³/mol. The molecule has 0 aliphatic heterocycles. The van der Waals surface area contributed by atoms with Crippen LogP contribution in [0.25, 0.3) is 0 Å². The molecule has 2 N–H and O–H groups in total. The van der Waals surface area contributed by atoms with Gasteiger partial charge < -0.3 is 15.4 Å². The molecule has 0 aromatic heterocycles. The summed E-state index contributed by atoms with van der Waals surface area (Å²) in [7, 11) is 1.35. The van der Waals surface area contributed by atoms with Crippen molar-refractivity contribution in [2.45, 2.75) is 39.7 Å². The number of aryl methyl sites for hydroxylation is 1. The van der Waals surface area contributed by atoms with E-state index in [-0.39, 0.29) is 11.9 Å². The number of rotatable bonds is 7. The van der Waals surface area contributed by atoms with Crippen LogP contribution in [0.3, 0.4) is 0 Å². The van der Waals surface area contributed by atoms with E-state index in [1.807, 2.05) is 6.92 Å².